The zero-order valence-electron chi connectivity index (χ0n) is 21.7. The van der Waals surface area contributed by atoms with Crippen LogP contribution in [0.5, 0.6) is 17.2 Å². The summed E-state index contributed by atoms with van der Waals surface area (Å²) in [6.45, 7) is 2.03. The number of carbonyl (C=O) groups is 2. The summed E-state index contributed by atoms with van der Waals surface area (Å²) < 4.78 is 33.0. The van der Waals surface area contributed by atoms with Crippen LogP contribution in [0.2, 0.25) is 0 Å². The molecule has 1 heterocycles. The van der Waals surface area contributed by atoms with Gasteiger partial charge in [0.1, 0.15) is 35.0 Å². The van der Waals surface area contributed by atoms with Crippen molar-refractivity contribution in [1.29, 1.82) is 0 Å². The number of ether oxygens (including phenoxy) is 6. The van der Waals surface area contributed by atoms with Gasteiger partial charge in [-0.1, -0.05) is 30.4 Å². The van der Waals surface area contributed by atoms with Crippen LogP contribution in [0, 0.1) is 0 Å². The molecule has 2 aromatic rings. The van der Waals surface area contributed by atoms with Crippen LogP contribution >= 0.6 is 0 Å². The Hall–Kier alpha value is -3.62. The van der Waals surface area contributed by atoms with E-state index >= 15 is 0 Å². The molecule has 3 rings (SSSR count). The van der Waals surface area contributed by atoms with Crippen molar-refractivity contribution in [3.63, 3.8) is 0 Å². The fraction of sp³-hybridized carbons (Fsp3) is 0.379. The van der Waals surface area contributed by atoms with Gasteiger partial charge in [-0.2, -0.15) is 0 Å². The number of benzene rings is 2. The van der Waals surface area contributed by atoms with Crippen LogP contribution in [0.3, 0.4) is 0 Å². The number of methoxy groups -OCH3 is 3. The minimum atomic E-state index is -0.617. The Morgan fingerprint density at radius 2 is 1.70 bits per heavy atom. The van der Waals surface area contributed by atoms with E-state index in [4.69, 9.17) is 28.4 Å². The van der Waals surface area contributed by atoms with Gasteiger partial charge in [-0.3, -0.25) is 4.79 Å². The van der Waals surface area contributed by atoms with E-state index < -0.39 is 18.2 Å². The molecule has 0 N–H and O–H groups in total. The monoisotopic (exact) mass is 510 g/mol. The third kappa shape index (κ3) is 8.20. The van der Waals surface area contributed by atoms with Gasteiger partial charge < -0.3 is 28.4 Å². The molecular formula is C29H34O8. The summed E-state index contributed by atoms with van der Waals surface area (Å²) in [7, 11) is 4.65. The number of rotatable bonds is 8. The predicted molar refractivity (Wildman–Crippen MR) is 139 cm³/mol. The lowest BCUT2D eigenvalue weighted by molar-refractivity contribution is -0.126. The number of carbonyl (C=O) groups excluding carboxylic acids is 2. The van der Waals surface area contributed by atoms with Crippen molar-refractivity contribution in [2.24, 2.45) is 0 Å². The second-order valence-electron chi connectivity index (χ2n) is 8.52. The smallest absolute Gasteiger partial charge is 0.342 e. The first kappa shape index (κ1) is 28.0. The van der Waals surface area contributed by atoms with E-state index in [2.05, 4.69) is 0 Å². The number of hydrogen-bond acceptors (Lipinski definition) is 8. The fourth-order valence-electron chi connectivity index (χ4n) is 3.77. The third-order valence-electron chi connectivity index (χ3n) is 5.76. The van der Waals surface area contributed by atoms with E-state index in [1.807, 2.05) is 30.3 Å². The van der Waals surface area contributed by atoms with Crippen LogP contribution in [0.4, 0.5) is 0 Å². The molecule has 8 heteroatoms. The molecule has 37 heavy (non-hydrogen) atoms. The number of cyclic esters (lactones) is 1. The minimum absolute atomic E-state index is 0.0375. The van der Waals surface area contributed by atoms with Crippen LogP contribution in [0.25, 0.3) is 6.08 Å². The van der Waals surface area contributed by atoms with Gasteiger partial charge in [0.2, 0.25) is 0 Å². The van der Waals surface area contributed by atoms with Crippen molar-refractivity contribution in [2.45, 2.75) is 45.0 Å². The molecule has 0 bridgehead atoms. The standard InChI is InChI=1S/C29H34O8/c1-20-8-7-10-25(30)26(35-18-21-12-14-23(33-3)15-13-21)11-6-5-9-22-16-24(34-4)17-27(36-19-32-2)28(22)29(31)37-20/h5,7,9-10,12-17,20,26H,6,8,11,18-19H2,1-4H3/b9-5?,10-7-/t20-,26-/m0/s1. The first-order valence-electron chi connectivity index (χ1n) is 12.1. The number of fused-ring (bicyclic) bond motifs is 1. The maximum Gasteiger partial charge on any atom is 0.342 e. The second kappa shape index (κ2) is 14.2. The van der Waals surface area contributed by atoms with Crippen molar-refractivity contribution < 1.29 is 38.0 Å². The maximum atomic E-state index is 13.1. The number of esters is 1. The summed E-state index contributed by atoms with van der Waals surface area (Å²) in [5, 5.41) is 0. The SMILES string of the molecule is COCOc1cc(OC)cc2c1C(=O)O[C@@H](C)C/C=C\C(=O)[C@@H](OCc1ccc(OC)cc1)CCC=C2. The first-order valence-corrected chi connectivity index (χ1v) is 12.1. The van der Waals surface area contributed by atoms with Crippen molar-refractivity contribution in [3.8, 4) is 17.2 Å². The number of hydrogen-bond donors (Lipinski definition) is 0. The molecule has 0 aliphatic carbocycles. The van der Waals surface area contributed by atoms with Crippen molar-refractivity contribution in [1.82, 2.24) is 0 Å². The maximum absolute atomic E-state index is 13.1. The van der Waals surface area contributed by atoms with Crippen LogP contribution in [0.1, 0.15) is 47.7 Å². The Balaban J connectivity index is 1.85. The summed E-state index contributed by atoms with van der Waals surface area (Å²) >= 11 is 0. The van der Waals surface area contributed by atoms with Crippen LogP contribution in [0.15, 0.2) is 54.6 Å². The van der Waals surface area contributed by atoms with Gasteiger partial charge in [-0.25, -0.2) is 4.79 Å². The van der Waals surface area contributed by atoms with E-state index in [9.17, 15) is 9.59 Å². The quantitative estimate of drug-likeness (QED) is 0.356. The third-order valence-corrected chi connectivity index (χ3v) is 5.76. The summed E-state index contributed by atoms with van der Waals surface area (Å²) in [4.78, 5) is 26.0. The molecule has 0 radical (unpaired) electrons. The van der Waals surface area contributed by atoms with Gasteiger partial charge in [0.25, 0.3) is 0 Å². The summed E-state index contributed by atoms with van der Waals surface area (Å²) in [5.41, 5.74) is 1.81. The minimum Gasteiger partial charge on any atom is -0.497 e. The van der Waals surface area contributed by atoms with E-state index in [0.717, 1.165) is 11.3 Å². The molecule has 1 aliphatic rings. The zero-order chi connectivity index (χ0) is 26.6. The van der Waals surface area contributed by atoms with Crippen LogP contribution in [-0.2, 0) is 25.6 Å². The van der Waals surface area contributed by atoms with Gasteiger partial charge in [0, 0.05) is 19.6 Å². The Labute approximate surface area is 217 Å². The number of allylic oxidation sites excluding steroid dienone is 1. The summed E-state index contributed by atoms with van der Waals surface area (Å²) in [6.07, 6.45) is 7.22. The Kier molecular flexibility index (Phi) is 10.7. The highest BCUT2D eigenvalue weighted by Gasteiger charge is 2.23. The largest absolute Gasteiger partial charge is 0.497 e. The highest BCUT2D eigenvalue weighted by atomic mass is 16.7. The highest BCUT2D eigenvalue weighted by molar-refractivity contribution is 5.97. The van der Waals surface area contributed by atoms with Crippen molar-refractivity contribution >= 4 is 17.8 Å². The van der Waals surface area contributed by atoms with E-state index in [1.165, 1.54) is 20.3 Å². The average molecular weight is 511 g/mol. The fourth-order valence-corrected chi connectivity index (χ4v) is 3.77. The Morgan fingerprint density at radius 3 is 2.41 bits per heavy atom. The van der Waals surface area contributed by atoms with E-state index in [1.54, 1.807) is 38.3 Å². The molecule has 1 aliphatic heterocycles. The Morgan fingerprint density at radius 1 is 0.946 bits per heavy atom. The lowest BCUT2D eigenvalue weighted by Crippen LogP contribution is -2.23. The lowest BCUT2D eigenvalue weighted by atomic mass is 10.0. The lowest BCUT2D eigenvalue weighted by Gasteiger charge is -2.18. The highest BCUT2D eigenvalue weighted by Crippen LogP contribution is 2.31. The molecule has 8 nitrogen and oxygen atoms in total. The average Bonchev–Trinajstić information content (AvgIpc) is 2.90. The normalized spacial score (nSPS) is 19.4. The topological polar surface area (TPSA) is 89.5 Å². The number of ketones is 1. The molecule has 2 aromatic carbocycles. The molecule has 0 spiro atoms. The second-order valence-corrected chi connectivity index (χ2v) is 8.52. The van der Waals surface area contributed by atoms with E-state index in [-0.39, 0.29) is 18.1 Å². The van der Waals surface area contributed by atoms with Gasteiger partial charge >= 0.3 is 5.97 Å². The molecule has 0 saturated heterocycles. The van der Waals surface area contributed by atoms with Gasteiger partial charge in [0.15, 0.2) is 12.6 Å². The van der Waals surface area contributed by atoms with Gasteiger partial charge in [0.05, 0.1) is 20.8 Å². The predicted octanol–water partition coefficient (Wildman–Crippen LogP) is 5.14. The summed E-state index contributed by atoms with van der Waals surface area (Å²) in [5.74, 6) is 0.924. The van der Waals surface area contributed by atoms with Crippen molar-refractivity contribution in [2.75, 3.05) is 28.1 Å². The zero-order valence-corrected chi connectivity index (χ0v) is 21.7. The van der Waals surface area contributed by atoms with Crippen LogP contribution < -0.4 is 14.2 Å². The summed E-state index contributed by atoms with van der Waals surface area (Å²) in [6, 6.07) is 10.9. The van der Waals surface area contributed by atoms with Gasteiger partial charge in [-0.05, 0) is 55.2 Å². The molecule has 0 fully saturated rings. The molecule has 0 aromatic heterocycles. The molecule has 0 unspecified atom stereocenters. The van der Waals surface area contributed by atoms with E-state index in [0.29, 0.717) is 42.9 Å². The molecule has 0 saturated carbocycles. The first-order chi connectivity index (χ1) is 17.9. The molecule has 198 valence electrons. The molecule has 0 amide bonds. The molecular weight excluding hydrogens is 476 g/mol. The molecule has 2 atom stereocenters. The van der Waals surface area contributed by atoms with Crippen LogP contribution in [-0.4, -0.2) is 52.1 Å². The van der Waals surface area contributed by atoms with Gasteiger partial charge in [-0.15, -0.1) is 0 Å². The van der Waals surface area contributed by atoms with Crippen molar-refractivity contribution in [3.05, 3.63) is 71.3 Å². The Bertz CT molecular complexity index is 1100.